The lowest BCUT2D eigenvalue weighted by Gasteiger charge is -2.33. The first kappa shape index (κ1) is 29.1. The van der Waals surface area contributed by atoms with E-state index in [0.717, 1.165) is 24.9 Å². The number of ether oxygens (including phenoxy) is 1. The molecule has 0 aromatic heterocycles. The fourth-order valence-electron chi connectivity index (χ4n) is 4.50. The third kappa shape index (κ3) is 8.82. The number of urea groups is 1. The zero-order chi connectivity index (χ0) is 28.3. The lowest BCUT2D eigenvalue weighted by Crippen LogP contribution is -2.46. The molecule has 1 atom stereocenters. The van der Waals surface area contributed by atoms with Gasteiger partial charge in [0.05, 0.1) is 6.54 Å². The summed E-state index contributed by atoms with van der Waals surface area (Å²) in [5, 5.41) is 28.8. The molecule has 3 aromatic rings. The predicted octanol–water partition coefficient (Wildman–Crippen LogP) is 4.03. The molecule has 4 rings (SSSR count). The fourth-order valence-corrected chi connectivity index (χ4v) is 4.50. The molecular weight excluding hydrogens is 518 g/mol. The molecule has 1 heterocycles. The number of aliphatic hydroxyl groups is 1. The molecule has 0 bridgehead atoms. The van der Waals surface area contributed by atoms with E-state index in [1.807, 2.05) is 12.1 Å². The number of rotatable bonds is 12. The van der Waals surface area contributed by atoms with Crippen LogP contribution in [-0.2, 0) is 13.0 Å². The molecule has 1 aliphatic heterocycles. The molecule has 40 heavy (non-hydrogen) atoms. The van der Waals surface area contributed by atoms with Crippen molar-refractivity contribution in [2.45, 2.75) is 38.0 Å². The Hall–Kier alpha value is -3.89. The maximum absolute atomic E-state index is 13.8. The molecule has 3 aromatic carbocycles. The maximum atomic E-state index is 13.8. The number of halogens is 2. The van der Waals surface area contributed by atoms with Gasteiger partial charge in [0.2, 0.25) is 0 Å². The third-order valence-electron chi connectivity index (χ3n) is 6.83. The minimum absolute atomic E-state index is 0.138. The van der Waals surface area contributed by atoms with Crippen LogP contribution in [0.3, 0.4) is 0 Å². The van der Waals surface area contributed by atoms with Crippen molar-refractivity contribution >= 4 is 11.7 Å². The van der Waals surface area contributed by atoms with Gasteiger partial charge in [0.1, 0.15) is 35.8 Å². The van der Waals surface area contributed by atoms with Crippen LogP contribution in [0.4, 0.5) is 19.3 Å². The molecule has 10 heteroatoms. The number of hydrogen-bond donors (Lipinski definition) is 5. The van der Waals surface area contributed by atoms with Crippen molar-refractivity contribution in [1.29, 1.82) is 0 Å². The molecule has 0 aliphatic carbocycles. The zero-order valence-corrected chi connectivity index (χ0v) is 22.3. The molecule has 1 aliphatic rings. The van der Waals surface area contributed by atoms with E-state index in [0.29, 0.717) is 31.9 Å². The lowest BCUT2D eigenvalue weighted by atomic mass is 10.0. The number of nitrogens with one attached hydrogen (secondary N) is 3. The van der Waals surface area contributed by atoms with Gasteiger partial charge in [-0.05, 0) is 79.9 Å². The van der Waals surface area contributed by atoms with Gasteiger partial charge in [-0.25, -0.2) is 13.6 Å². The summed E-state index contributed by atoms with van der Waals surface area (Å²) in [6.45, 7) is 2.21. The Kier molecular flexibility index (Phi) is 10.5. The Bertz CT molecular complexity index is 1200. The van der Waals surface area contributed by atoms with Crippen LogP contribution in [0.15, 0.2) is 66.7 Å². The first-order chi connectivity index (χ1) is 19.4. The Labute approximate surface area is 233 Å². The number of piperidine rings is 1. The highest BCUT2D eigenvalue weighted by molar-refractivity contribution is 5.74. The number of nitrogens with zero attached hydrogens (tertiary/aromatic N) is 1. The highest BCUT2D eigenvalue weighted by Gasteiger charge is 2.23. The van der Waals surface area contributed by atoms with Gasteiger partial charge in [-0.1, -0.05) is 18.2 Å². The average Bonchev–Trinajstić information content (AvgIpc) is 2.96. The van der Waals surface area contributed by atoms with E-state index in [1.165, 1.54) is 35.9 Å². The first-order valence-corrected chi connectivity index (χ1v) is 13.5. The van der Waals surface area contributed by atoms with Crippen molar-refractivity contribution in [2.24, 2.45) is 0 Å². The molecule has 0 radical (unpaired) electrons. The van der Waals surface area contributed by atoms with Crippen molar-refractivity contribution < 1.29 is 28.5 Å². The van der Waals surface area contributed by atoms with Crippen molar-refractivity contribution in [2.75, 3.05) is 38.1 Å². The Morgan fingerprint density at radius 2 is 1.68 bits per heavy atom. The van der Waals surface area contributed by atoms with Crippen molar-refractivity contribution in [1.82, 2.24) is 15.5 Å². The number of carbonyl (C=O) groups is 1. The van der Waals surface area contributed by atoms with E-state index < -0.39 is 17.7 Å². The number of aromatic hydroxyl groups is 1. The van der Waals surface area contributed by atoms with Gasteiger partial charge in [-0.15, -0.1) is 0 Å². The summed E-state index contributed by atoms with van der Waals surface area (Å²) >= 11 is 0. The largest absolute Gasteiger partial charge is 0.508 e. The van der Waals surface area contributed by atoms with E-state index in [2.05, 4.69) is 28.1 Å². The van der Waals surface area contributed by atoms with Gasteiger partial charge in [-0.2, -0.15) is 0 Å². The van der Waals surface area contributed by atoms with Gasteiger partial charge in [-0.3, -0.25) is 0 Å². The molecule has 1 saturated heterocycles. The number of benzene rings is 3. The van der Waals surface area contributed by atoms with Crippen molar-refractivity contribution in [3.8, 4) is 11.5 Å². The highest BCUT2D eigenvalue weighted by atomic mass is 19.1. The summed E-state index contributed by atoms with van der Waals surface area (Å²) < 4.78 is 33.1. The molecule has 1 unspecified atom stereocenters. The molecule has 1 fully saturated rings. The molecule has 2 amide bonds. The molecule has 214 valence electrons. The van der Waals surface area contributed by atoms with Gasteiger partial charge in [0, 0.05) is 36.9 Å². The van der Waals surface area contributed by atoms with Crippen LogP contribution < -0.4 is 20.7 Å². The van der Waals surface area contributed by atoms with Gasteiger partial charge >= 0.3 is 6.03 Å². The molecular formula is C30H36F2N4O4. The quantitative estimate of drug-likeness (QED) is 0.217. The SMILES string of the molecule is O=C(NCc1c(F)cccc1F)N1CCC(Nc2ccc(CCNCC(O)COc3ccc(O)cc3)cc2)CC1. The number of hydrogen-bond acceptors (Lipinski definition) is 6. The second-order valence-electron chi connectivity index (χ2n) is 9.87. The highest BCUT2D eigenvalue weighted by Crippen LogP contribution is 2.19. The second kappa shape index (κ2) is 14.5. The predicted molar refractivity (Wildman–Crippen MR) is 149 cm³/mol. The summed E-state index contributed by atoms with van der Waals surface area (Å²) in [6, 6.07) is 18.1. The normalized spacial score (nSPS) is 14.5. The number of phenolic OH excluding ortho intramolecular Hbond substituents is 1. The van der Waals surface area contributed by atoms with Crippen LogP contribution in [0.25, 0.3) is 0 Å². The van der Waals surface area contributed by atoms with E-state index in [4.69, 9.17) is 4.74 Å². The maximum Gasteiger partial charge on any atom is 0.317 e. The molecule has 0 spiro atoms. The Morgan fingerprint density at radius 3 is 2.35 bits per heavy atom. The molecule has 5 N–H and O–H groups in total. The lowest BCUT2D eigenvalue weighted by molar-refractivity contribution is 0.106. The van der Waals surface area contributed by atoms with E-state index in [1.54, 1.807) is 17.0 Å². The first-order valence-electron chi connectivity index (χ1n) is 13.5. The number of carbonyl (C=O) groups excluding carboxylic acids is 1. The number of amides is 2. The summed E-state index contributed by atoms with van der Waals surface area (Å²) in [6.07, 6.45) is 1.71. The summed E-state index contributed by atoms with van der Waals surface area (Å²) in [7, 11) is 0. The van der Waals surface area contributed by atoms with E-state index in [-0.39, 0.29) is 36.5 Å². The van der Waals surface area contributed by atoms with Gasteiger partial charge < -0.3 is 35.8 Å². The topological polar surface area (TPSA) is 106 Å². The van der Waals surface area contributed by atoms with Crippen LogP contribution in [0, 0.1) is 11.6 Å². The third-order valence-corrected chi connectivity index (χ3v) is 6.83. The molecule has 8 nitrogen and oxygen atoms in total. The van der Waals surface area contributed by atoms with Gasteiger partial charge in [0.25, 0.3) is 0 Å². The zero-order valence-electron chi connectivity index (χ0n) is 22.3. The summed E-state index contributed by atoms with van der Waals surface area (Å²) in [5.74, 6) is -0.577. The van der Waals surface area contributed by atoms with Gasteiger partial charge in [0.15, 0.2) is 0 Å². The average molecular weight is 555 g/mol. The van der Waals surface area contributed by atoms with Crippen LogP contribution in [0.1, 0.15) is 24.0 Å². The van der Waals surface area contributed by atoms with E-state index >= 15 is 0 Å². The van der Waals surface area contributed by atoms with Crippen molar-refractivity contribution in [3.63, 3.8) is 0 Å². The number of phenols is 1. The smallest absolute Gasteiger partial charge is 0.317 e. The fraction of sp³-hybridized carbons (Fsp3) is 0.367. The monoisotopic (exact) mass is 554 g/mol. The minimum atomic E-state index is -0.669. The summed E-state index contributed by atoms with van der Waals surface area (Å²) in [4.78, 5) is 14.1. The molecule has 0 saturated carbocycles. The van der Waals surface area contributed by atoms with Crippen LogP contribution >= 0.6 is 0 Å². The Morgan fingerprint density at radius 1 is 1.00 bits per heavy atom. The van der Waals surface area contributed by atoms with Crippen LogP contribution in [0.2, 0.25) is 0 Å². The number of likely N-dealkylation sites (tertiary alicyclic amines) is 1. The van der Waals surface area contributed by atoms with Crippen LogP contribution in [-0.4, -0.2) is 66.1 Å². The number of anilines is 1. The minimum Gasteiger partial charge on any atom is -0.508 e. The van der Waals surface area contributed by atoms with Crippen molar-refractivity contribution in [3.05, 3.63) is 89.5 Å². The number of aliphatic hydroxyl groups excluding tert-OH is 1. The second-order valence-corrected chi connectivity index (χ2v) is 9.87. The Balaban J connectivity index is 1.09. The standard InChI is InChI=1S/C30H36F2N4O4/c31-28-2-1-3-29(32)27(28)19-34-30(39)36-16-13-23(14-17-36)35-22-6-4-21(5-7-22)12-15-33-18-25(38)20-40-26-10-8-24(37)9-11-26/h1-11,23,25,33,35,37-38H,12-20H2,(H,34,39). The summed E-state index contributed by atoms with van der Waals surface area (Å²) in [5.41, 5.74) is 2.04. The van der Waals surface area contributed by atoms with Crippen LogP contribution in [0.5, 0.6) is 11.5 Å². The van der Waals surface area contributed by atoms with E-state index in [9.17, 15) is 23.8 Å².